The molecule has 20 heavy (non-hydrogen) atoms. The largest absolute Gasteiger partial charge is 0.377 e. The molecule has 0 radical (unpaired) electrons. The fraction of sp³-hybridized carbons (Fsp3) is 0.933. The Kier molecular flexibility index (Phi) is 5.41. The summed E-state index contributed by atoms with van der Waals surface area (Å²) in [6.45, 7) is 5.04. The van der Waals surface area contributed by atoms with E-state index in [1.165, 1.54) is 6.42 Å². The number of hydrogen-bond donors (Lipinski definition) is 2. The Hall–Kier alpha value is -0.650. The van der Waals surface area contributed by atoms with E-state index in [0.717, 1.165) is 51.8 Å². The second kappa shape index (κ2) is 6.87. The minimum Gasteiger partial charge on any atom is -0.377 e. The molecule has 116 valence electrons. The molecule has 2 aliphatic rings. The van der Waals surface area contributed by atoms with Gasteiger partial charge in [0.2, 0.25) is 5.91 Å². The first kappa shape index (κ1) is 15.7. The number of carbonyl (C=O) groups excluding carboxylic acids is 1. The van der Waals surface area contributed by atoms with Gasteiger partial charge >= 0.3 is 0 Å². The third-order valence-corrected chi connectivity index (χ3v) is 4.73. The van der Waals surface area contributed by atoms with E-state index in [2.05, 4.69) is 11.8 Å². The summed E-state index contributed by atoms with van der Waals surface area (Å²) in [6, 6.07) is 0.384. The van der Waals surface area contributed by atoms with Gasteiger partial charge in [-0.25, -0.2) is 0 Å². The van der Waals surface area contributed by atoms with E-state index in [-0.39, 0.29) is 5.91 Å². The minimum atomic E-state index is -0.805. The second-order valence-electron chi connectivity index (χ2n) is 6.40. The maximum Gasteiger partial charge on any atom is 0.237 e. The molecule has 5 nitrogen and oxygen atoms in total. The van der Waals surface area contributed by atoms with Gasteiger partial charge in [0.1, 0.15) is 0 Å². The number of nitrogens with zero attached hydrogens (tertiary/aromatic N) is 1. The number of piperidine rings is 1. The number of amides is 1. The van der Waals surface area contributed by atoms with Crippen LogP contribution in [0.3, 0.4) is 0 Å². The highest BCUT2D eigenvalue weighted by atomic mass is 16.5. The van der Waals surface area contributed by atoms with E-state index in [9.17, 15) is 4.79 Å². The molecule has 3 atom stereocenters. The van der Waals surface area contributed by atoms with Crippen molar-refractivity contribution in [1.29, 1.82) is 0 Å². The van der Waals surface area contributed by atoms with Gasteiger partial charge in [0, 0.05) is 19.2 Å². The molecule has 0 bridgehead atoms. The standard InChI is InChI=1S/C15H29N3O2/c1-2-9-20-13-6-4-8-18(11-13)12-5-3-7-15(17,10-12)14(16)19/h12-13H,2-11,17H2,1H3,(H2,16,19). The second-order valence-corrected chi connectivity index (χ2v) is 6.40. The monoisotopic (exact) mass is 283 g/mol. The minimum absolute atomic E-state index is 0.339. The Labute approximate surface area is 122 Å². The van der Waals surface area contributed by atoms with Crippen LogP contribution >= 0.6 is 0 Å². The van der Waals surface area contributed by atoms with Gasteiger partial charge in [0.05, 0.1) is 11.6 Å². The summed E-state index contributed by atoms with van der Waals surface area (Å²) in [7, 11) is 0. The summed E-state index contributed by atoms with van der Waals surface area (Å²) in [5, 5.41) is 0. The van der Waals surface area contributed by atoms with Crippen LogP contribution in [0.2, 0.25) is 0 Å². The number of primary amides is 1. The molecule has 0 aromatic carbocycles. The zero-order valence-corrected chi connectivity index (χ0v) is 12.6. The highest BCUT2D eigenvalue weighted by Gasteiger charge is 2.40. The molecule has 1 amide bonds. The predicted octanol–water partition coefficient (Wildman–Crippen LogP) is 1.00. The first-order chi connectivity index (χ1) is 9.55. The van der Waals surface area contributed by atoms with Gasteiger partial charge in [-0.1, -0.05) is 6.92 Å². The average Bonchev–Trinajstić information content (AvgIpc) is 2.45. The van der Waals surface area contributed by atoms with Crippen LogP contribution in [-0.4, -0.2) is 48.2 Å². The van der Waals surface area contributed by atoms with E-state index in [4.69, 9.17) is 16.2 Å². The number of carbonyl (C=O) groups is 1. The average molecular weight is 283 g/mol. The summed E-state index contributed by atoms with van der Waals surface area (Å²) < 4.78 is 5.89. The van der Waals surface area contributed by atoms with Crippen molar-refractivity contribution in [3.05, 3.63) is 0 Å². The van der Waals surface area contributed by atoms with E-state index < -0.39 is 5.54 Å². The van der Waals surface area contributed by atoms with Gasteiger partial charge in [0.15, 0.2) is 0 Å². The Bertz CT molecular complexity index is 337. The van der Waals surface area contributed by atoms with Gasteiger partial charge in [-0.15, -0.1) is 0 Å². The Morgan fingerprint density at radius 1 is 1.40 bits per heavy atom. The Balaban J connectivity index is 1.91. The zero-order chi connectivity index (χ0) is 14.6. The molecular formula is C15H29N3O2. The summed E-state index contributed by atoms with van der Waals surface area (Å²) in [6.07, 6.45) is 7.24. The molecule has 1 saturated carbocycles. The fourth-order valence-electron chi connectivity index (χ4n) is 3.53. The van der Waals surface area contributed by atoms with E-state index in [1.807, 2.05) is 0 Å². The summed E-state index contributed by atoms with van der Waals surface area (Å²) in [5.74, 6) is -0.349. The highest BCUT2D eigenvalue weighted by molar-refractivity contribution is 5.84. The summed E-state index contributed by atoms with van der Waals surface area (Å²) in [5.41, 5.74) is 10.9. The number of rotatable bonds is 5. The molecule has 1 heterocycles. The van der Waals surface area contributed by atoms with Crippen LogP contribution in [0.1, 0.15) is 51.9 Å². The molecule has 4 N–H and O–H groups in total. The van der Waals surface area contributed by atoms with Crippen molar-refractivity contribution in [3.8, 4) is 0 Å². The fourth-order valence-corrected chi connectivity index (χ4v) is 3.53. The molecule has 0 aromatic rings. The third-order valence-electron chi connectivity index (χ3n) is 4.73. The van der Waals surface area contributed by atoms with Crippen molar-refractivity contribution >= 4 is 5.91 Å². The molecule has 1 aliphatic carbocycles. The van der Waals surface area contributed by atoms with Crippen LogP contribution in [0.5, 0.6) is 0 Å². The molecule has 1 aliphatic heterocycles. The summed E-state index contributed by atoms with van der Waals surface area (Å²) >= 11 is 0. The van der Waals surface area contributed by atoms with Gasteiger partial charge in [0.25, 0.3) is 0 Å². The summed E-state index contributed by atoms with van der Waals surface area (Å²) in [4.78, 5) is 14.0. The zero-order valence-electron chi connectivity index (χ0n) is 12.6. The quantitative estimate of drug-likeness (QED) is 0.789. The van der Waals surface area contributed by atoms with Gasteiger partial charge in [-0.2, -0.15) is 0 Å². The normalized spacial score (nSPS) is 35.9. The van der Waals surface area contributed by atoms with Crippen LogP contribution in [-0.2, 0) is 9.53 Å². The lowest BCUT2D eigenvalue weighted by atomic mass is 9.78. The van der Waals surface area contributed by atoms with Crippen molar-refractivity contribution in [2.24, 2.45) is 11.5 Å². The van der Waals surface area contributed by atoms with Gasteiger partial charge < -0.3 is 16.2 Å². The molecule has 3 unspecified atom stereocenters. The molecule has 1 saturated heterocycles. The molecule has 2 fully saturated rings. The first-order valence-corrected chi connectivity index (χ1v) is 7.99. The third kappa shape index (κ3) is 3.71. The van der Waals surface area contributed by atoms with Crippen LogP contribution in [0, 0.1) is 0 Å². The predicted molar refractivity (Wildman–Crippen MR) is 79.2 cm³/mol. The van der Waals surface area contributed by atoms with Gasteiger partial charge in [-0.3, -0.25) is 9.69 Å². The van der Waals surface area contributed by atoms with Crippen molar-refractivity contribution in [2.75, 3.05) is 19.7 Å². The van der Waals surface area contributed by atoms with Crippen molar-refractivity contribution < 1.29 is 9.53 Å². The SMILES string of the molecule is CCCOC1CCCN(C2CCCC(N)(C(N)=O)C2)C1. The van der Waals surface area contributed by atoms with Crippen molar-refractivity contribution in [2.45, 2.75) is 69.6 Å². The smallest absolute Gasteiger partial charge is 0.237 e. The molecule has 2 rings (SSSR count). The van der Waals surface area contributed by atoms with E-state index in [0.29, 0.717) is 18.6 Å². The molecular weight excluding hydrogens is 254 g/mol. The van der Waals surface area contributed by atoms with Crippen molar-refractivity contribution in [1.82, 2.24) is 4.90 Å². The number of nitrogens with two attached hydrogens (primary N) is 2. The van der Waals surface area contributed by atoms with Gasteiger partial charge in [-0.05, 0) is 51.5 Å². The molecule has 0 spiro atoms. The Morgan fingerprint density at radius 3 is 2.90 bits per heavy atom. The molecule has 5 heteroatoms. The highest BCUT2D eigenvalue weighted by Crippen LogP contribution is 2.31. The lowest BCUT2D eigenvalue weighted by Crippen LogP contribution is -2.59. The van der Waals surface area contributed by atoms with Crippen LogP contribution in [0.4, 0.5) is 0 Å². The van der Waals surface area contributed by atoms with Crippen LogP contribution in [0.15, 0.2) is 0 Å². The van der Waals surface area contributed by atoms with Crippen LogP contribution in [0.25, 0.3) is 0 Å². The van der Waals surface area contributed by atoms with Crippen LogP contribution < -0.4 is 11.5 Å². The lowest BCUT2D eigenvalue weighted by molar-refractivity contribution is -0.125. The van der Waals surface area contributed by atoms with E-state index >= 15 is 0 Å². The lowest BCUT2D eigenvalue weighted by Gasteiger charge is -2.44. The topological polar surface area (TPSA) is 81.6 Å². The maximum absolute atomic E-state index is 11.6. The maximum atomic E-state index is 11.6. The number of likely N-dealkylation sites (tertiary alicyclic amines) is 1. The molecule has 0 aromatic heterocycles. The van der Waals surface area contributed by atoms with E-state index in [1.54, 1.807) is 0 Å². The first-order valence-electron chi connectivity index (χ1n) is 7.99. The Morgan fingerprint density at radius 2 is 2.20 bits per heavy atom. The van der Waals surface area contributed by atoms with Crippen molar-refractivity contribution in [3.63, 3.8) is 0 Å². The number of hydrogen-bond acceptors (Lipinski definition) is 4. The number of ether oxygens (including phenoxy) is 1.